The SMILES string of the molecule is c1cc(NCCN2CCCC2)cc(Nc2nc3cccc(-c4ccc5c(c4)OCCO5)n3n2)c1. The van der Waals surface area contributed by atoms with Crippen molar-refractivity contribution >= 4 is 23.0 Å². The van der Waals surface area contributed by atoms with Crippen LogP contribution < -0.4 is 20.1 Å². The second-order valence-electron chi connectivity index (χ2n) is 8.66. The van der Waals surface area contributed by atoms with Gasteiger partial charge in [0, 0.05) is 30.0 Å². The number of pyridine rings is 1. The molecule has 2 aromatic carbocycles. The Morgan fingerprint density at radius 3 is 2.59 bits per heavy atom. The molecular formula is C26H28N6O2. The molecule has 0 bridgehead atoms. The summed E-state index contributed by atoms with van der Waals surface area (Å²) < 4.78 is 13.3. The lowest BCUT2D eigenvalue weighted by molar-refractivity contribution is 0.171. The van der Waals surface area contributed by atoms with Crippen LogP contribution in [0.15, 0.2) is 60.7 Å². The van der Waals surface area contributed by atoms with Crippen LogP contribution in [0, 0.1) is 0 Å². The zero-order valence-corrected chi connectivity index (χ0v) is 19.0. The minimum atomic E-state index is 0.555. The van der Waals surface area contributed by atoms with E-state index in [0.29, 0.717) is 19.2 Å². The molecule has 34 heavy (non-hydrogen) atoms. The summed E-state index contributed by atoms with van der Waals surface area (Å²) in [6, 6.07) is 20.2. The zero-order valence-electron chi connectivity index (χ0n) is 19.0. The maximum absolute atomic E-state index is 5.76. The predicted molar refractivity (Wildman–Crippen MR) is 133 cm³/mol. The van der Waals surface area contributed by atoms with Crippen LogP contribution in [0.2, 0.25) is 0 Å². The summed E-state index contributed by atoms with van der Waals surface area (Å²) in [5.74, 6) is 2.09. The van der Waals surface area contributed by atoms with Crippen LogP contribution in [-0.2, 0) is 0 Å². The largest absolute Gasteiger partial charge is 0.486 e. The molecule has 4 heterocycles. The summed E-state index contributed by atoms with van der Waals surface area (Å²) in [4.78, 5) is 7.19. The Morgan fingerprint density at radius 1 is 0.853 bits per heavy atom. The third kappa shape index (κ3) is 4.36. The van der Waals surface area contributed by atoms with E-state index in [1.807, 2.05) is 53.0 Å². The molecule has 8 heteroatoms. The monoisotopic (exact) mass is 456 g/mol. The molecule has 0 unspecified atom stereocenters. The standard InChI is InChI=1S/C26H28N6O2/c1-2-13-31(12-1)14-11-27-20-5-3-6-21(18-20)28-26-29-25-8-4-7-22(32(25)30-26)19-9-10-23-24(17-19)34-16-15-33-23/h3-10,17-18,27H,1-2,11-16H2,(H,28,30). The molecular weight excluding hydrogens is 428 g/mol. The Labute approximate surface area is 198 Å². The van der Waals surface area contributed by atoms with Crippen LogP contribution in [0.4, 0.5) is 17.3 Å². The van der Waals surface area contributed by atoms with E-state index in [4.69, 9.17) is 14.6 Å². The summed E-state index contributed by atoms with van der Waals surface area (Å²) in [6.07, 6.45) is 2.64. The van der Waals surface area contributed by atoms with Crippen molar-refractivity contribution < 1.29 is 9.47 Å². The minimum absolute atomic E-state index is 0.555. The number of likely N-dealkylation sites (tertiary alicyclic amines) is 1. The van der Waals surface area contributed by atoms with Crippen LogP contribution in [0.25, 0.3) is 16.9 Å². The maximum atomic E-state index is 5.76. The number of fused-ring (bicyclic) bond motifs is 2. The van der Waals surface area contributed by atoms with Gasteiger partial charge in [-0.15, -0.1) is 5.10 Å². The van der Waals surface area contributed by atoms with Crippen molar-refractivity contribution in [2.45, 2.75) is 12.8 Å². The lowest BCUT2D eigenvalue weighted by Crippen LogP contribution is -2.25. The average Bonchev–Trinajstić information content (AvgIpc) is 3.53. The number of benzene rings is 2. The van der Waals surface area contributed by atoms with Gasteiger partial charge in [0.2, 0.25) is 5.95 Å². The Balaban J connectivity index is 1.20. The first-order valence-corrected chi connectivity index (χ1v) is 11.9. The minimum Gasteiger partial charge on any atom is -0.486 e. The van der Waals surface area contributed by atoms with Gasteiger partial charge in [-0.25, -0.2) is 4.52 Å². The van der Waals surface area contributed by atoms with E-state index in [1.54, 1.807) is 0 Å². The Morgan fingerprint density at radius 2 is 1.68 bits per heavy atom. The highest BCUT2D eigenvalue weighted by atomic mass is 16.6. The number of nitrogens with zero attached hydrogens (tertiary/aromatic N) is 4. The van der Waals surface area contributed by atoms with Gasteiger partial charge in [-0.05, 0) is 74.5 Å². The van der Waals surface area contributed by atoms with Gasteiger partial charge in [0.05, 0.1) is 5.69 Å². The lowest BCUT2D eigenvalue weighted by atomic mass is 10.1. The average molecular weight is 457 g/mol. The van der Waals surface area contributed by atoms with E-state index >= 15 is 0 Å². The van der Waals surface area contributed by atoms with Crippen molar-refractivity contribution in [3.63, 3.8) is 0 Å². The molecule has 0 aliphatic carbocycles. The molecule has 174 valence electrons. The van der Waals surface area contributed by atoms with Crippen molar-refractivity contribution in [2.75, 3.05) is 50.0 Å². The summed E-state index contributed by atoms with van der Waals surface area (Å²) >= 11 is 0. The third-order valence-electron chi connectivity index (χ3n) is 6.27. The summed E-state index contributed by atoms with van der Waals surface area (Å²) in [5, 5.41) is 11.6. The van der Waals surface area contributed by atoms with E-state index in [9.17, 15) is 0 Å². The highest BCUT2D eigenvalue weighted by molar-refractivity contribution is 5.68. The van der Waals surface area contributed by atoms with Gasteiger partial charge < -0.3 is 25.0 Å². The van der Waals surface area contributed by atoms with E-state index in [0.717, 1.165) is 52.9 Å². The van der Waals surface area contributed by atoms with Crippen molar-refractivity contribution in [3.8, 4) is 22.8 Å². The molecule has 4 aromatic rings. The second kappa shape index (κ2) is 9.23. The molecule has 0 atom stereocenters. The van der Waals surface area contributed by atoms with E-state index < -0.39 is 0 Å². The zero-order chi connectivity index (χ0) is 22.7. The second-order valence-corrected chi connectivity index (χ2v) is 8.66. The van der Waals surface area contributed by atoms with Crippen LogP contribution in [0.1, 0.15) is 12.8 Å². The van der Waals surface area contributed by atoms with E-state index in [1.165, 1.54) is 25.9 Å². The van der Waals surface area contributed by atoms with Crippen LogP contribution >= 0.6 is 0 Å². The number of rotatable bonds is 7. The summed E-state index contributed by atoms with van der Waals surface area (Å²) in [6.45, 7) is 5.59. The molecule has 1 fully saturated rings. The first-order chi connectivity index (χ1) is 16.8. The number of ether oxygens (including phenoxy) is 2. The number of aromatic nitrogens is 3. The fraction of sp³-hybridized carbons (Fsp3) is 0.308. The van der Waals surface area contributed by atoms with Crippen molar-refractivity contribution in [1.82, 2.24) is 19.5 Å². The molecule has 0 amide bonds. The van der Waals surface area contributed by atoms with E-state index in [-0.39, 0.29) is 0 Å². The molecule has 2 aliphatic rings. The van der Waals surface area contributed by atoms with Crippen molar-refractivity contribution in [3.05, 3.63) is 60.7 Å². The van der Waals surface area contributed by atoms with Crippen molar-refractivity contribution in [1.29, 1.82) is 0 Å². The number of nitrogens with one attached hydrogen (secondary N) is 2. The van der Waals surface area contributed by atoms with E-state index in [2.05, 4.69) is 32.7 Å². The summed E-state index contributed by atoms with van der Waals surface area (Å²) in [5.41, 5.74) is 4.74. The number of hydrogen-bond donors (Lipinski definition) is 2. The molecule has 1 saturated heterocycles. The predicted octanol–water partition coefficient (Wildman–Crippen LogP) is 4.42. The van der Waals surface area contributed by atoms with Gasteiger partial charge in [0.15, 0.2) is 17.1 Å². The molecule has 0 saturated carbocycles. The van der Waals surface area contributed by atoms with Gasteiger partial charge >= 0.3 is 0 Å². The third-order valence-corrected chi connectivity index (χ3v) is 6.27. The molecule has 6 rings (SSSR count). The van der Waals surface area contributed by atoms with Gasteiger partial charge in [0.25, 0.3) is 0 Å². The van der Waals surface area contributed by atoms with Crippen LogP contribution in [0.3, 0.4) is 0 Å². The topological polar surface area (TPSA) is 76.0 Å². The molecule has 8 nitrogen and oxygen atoms in total. The molecule has 2 aromatic heterocycles. The molecule has 2 aliphatic heterocycles. The Kier molecular flexibility index (Phi) is 5.64. The van der Waals surface area contributed by atoms with Gasteiger partial charge in [0.1, 0.15) is 13.2 Å². The quantitative estimate of drug-likeness (QED) is 0.426. The fourth-order valence-corrected chi connectivity index (χ4v) is 4.58. The van der Waals surface area contributed by atoms with Crippen molar-refractivity contribution in [2.24, 2.45) is 0 Å². The molecule has 0 radical (unpaired) electrons. The van der Waals surface area contributed by atoms with Gasteiger partial charge in [-0.3, -0.25) is 0 Å². The van der Waals surface area contributed by atoms with Gasteiger partial charge in [-0.1, -0.05) is 12.1 Å². The smallest absolute Gasteiger partial charge is 0.247 e. The fourth-order valence-electron chi connectivity index (χ4n) is 4.58. The Bertz CT molecular complexity index is 1300. The normalized spacial score (nSPS) is 15.5. The molecule has 0 spiro atoms. The first kappa shape index (κ1) is 20.8. The molecule has 2 N–H and O–H groups in total. The number of hydrogen-bond acceptors (Lipinski definition) is 7. The highest BCUT2D eigenvalue weighted by Crippen LogP contribution is 2.34. The maximum Gasteiger partial charge on any atom is 0.247 e. The van der Waals surface area contributed by atoms with Crippen LogP contribution in [-0.4, -0.2) is 58.9 Å². The van der Waals surface area contributed by atoms with Gasteiger partial charge in [-0.2, -0.15) is 4.98 Å². The van der Waals surface area contributed by atoms with Crippen LogP contribution in [0.5, 0.6) is 11.5 Å². The lowest BCUT2D eigenvalue weighted by Gasteiger charge is -2.19. The highest BCUT2D eigenvalue weighted by Gasteiger charge is 2.15. The summed E-state index contributed by atoms with van der Waals surface area (Å²) in [7, 11) is 0. The number of anilines is 3. The first-order valence-electron chi connectivity index (χ1n) is 11.9. The Hall–Kier alpha value is -3.78.